The first-order valence-corrected chi connectivity index (χ1v) is 8.16. The number of likely N-dealkylation sites (N-methyl/N-ethyl adjacent to an activating group) is 1. The zero-order valence-electron chi connectivity index (χ0n) is 13.2. The van der Waals surface area contributed by atoms with E-state index < -0.39 is 0 Å². The smallest absolute Gasteiger partial charge is 0.288 e. The van der Waals surface area contributed by atoms with Crippen LogP contribution in [0, 0.1) is 11.8 Å². The summed E-state index contributed by atoms with van der Waals surface area (Å²) in [5.74, 6) is 0.595. The molecule has 0 amide bonds. The van der Waals surface area contributed by atoms with Gasteiger partial charge in [0.25, 0.3) is 4.84 Å². The van der Waals surface area contributed by atoms with Crippen molar-refractivity contribution in [1.29, 1.82) is 0 Å². The van der Waals surface area contributed by atoms with Crippen molar-refractivity contribution >= 4 is 12.2 Å². The molecule has 1 fully saturated rings. The van der Waals surface area contributed by atoms with Crippen LogP contribution in [-0.4, -0.2) is 52.3 Å². The van der Waals surface area contributed by atoms with E-state index in [-0.39, 0.29) is 0 Å². The van der Waals surface area contributed by atoms with Gasteiger partial charge in [0.15, 0.2) is 0 Å². The topological polar surface area (TPSA) is 37.4 Å². The van der Waals surface area contributed by atoms with Crippen molar-refractivity contribution in [2.24, 2.45) is 0 Å². The number of aromatic nitrogens is 2. The van der Waals surface area contributed by atoms with Crippen LogP contribution >= 0.6 is 12.2 Å². The third-order valence-electron chi connectivity index (χ3n) is 4.15. The molecule has 0 N–H and O–H groups in total. The second kappa shape index (κ2) is 6.73. The van der Waals surface area contributed by atoms with Crippen molar-refractivity contribution in [2.75, 3.05) is 32.7 Å². The summed E-state index contributed by atoms with van der Waals surface area (Å²) in [5, 5.41) is 4.53. The normalized spacial score (nSPS) is 17.0. The molecule has 3 rings (SSSR count). The van der Waals surface area contributed by atoms with Crippen LogP contribution < -0.4 is 0 Å². The van der Waals surface area contributed by atoms with Gasteiger partial charge in [0.2, 0.25) is 5.89 Å². The van der Waals surface area contributed by atoms with Crippen LogP contribution in [0.25, 0.3) is 11.5 Å². The van der Waals surface area contributed by atoms with Crippen LogP contribution in [0.3, 0.4) is 0 Å². The number of hydrogen-bond donors (Lipinski definition) is 0. The fraction of sp³-hybridized carbons (Fsp3) is 0.500. The Hall–Kier alpha value is -1.50. The Bertz CT molecular complexity index is 668. The molecule has 0 aliphatic carbocycles. The SMILES string of the molecule is CCN1CCN(Cn2nc(-c3ccc(C)cc3)oc2=S)CC1. The summed E-state index contributed by atoms with van der Waals surface area (Å²) in [7, 11) is 0. The van der Waals surface area contributed by atoms with Crippen molar-refractivity contribution < 1.29 is 4.42 Å². The van der Waals surface area contributed by atoms with Gasteiger partial charge in [-0.15, -0.1) is 5.10 Å². The molecule has 0 atom stereocenters. The zero-order valence-corrected chi connectivity index (χ0v) is 14.0. The van der Waals surface area contributed by atoms with Crippen LogP contribution in [0.5, 0.6) is 0 Å². The van der Waals surface area contributed by atoms with Crippen LogP contribution in [0.15, 0.2) is 28.7 Å². The number of aryl methyl sites for hydroxylation is 1. The van der Waals surface area contributed by atoms with Gasteiger partial charge in [-0.3, -0.25) is 4.90 Å². The van der Waals surface area contributed by atoms with Crippen molar-refractivity contribution in [3.8, 4) is 11.5 Å². The highest BCUT2D eigenvalue weighted by atomic mass is 32.1. The van der Waals surface area contributed by atoms with Gasteiger partial charge >= 0.3 is 0 Å². The molecule has 2 heterocycles. The summed E-state index contributed by atoms with van der Waals surface area (Å²) in [6.45, 7) is 10.4. The monoisotopic (exact) mass is 318 g/mol. The lowest BCUT2D eigenvalue weighted by Crippen LogP contribution is -2.46. The highest BCUT2D eigenvalue weighted by Gasteiger charge is 2.17. The lowest BCUT2D eigenvalue weighted by molar-refractivity contribution is 0.105. The van der Waals surface area contributed by atoms with Crippen molar-refractivity contribution in [3.63, 3.8) is 0 Å². The summed E-state index contributed by atoms with van der Waals surface area (Å²) in [6, 6.07) is 8.13. The molecule has 6 heteroatoms. The quantitative estimate of drug-likeness (QED) is 0.810. The van der Waals surface area contributed by atoms with Crippen LogP contribution in [0.1, 0.15) is 12.5 Å². The minimum atomic E-state index is 0.438. The Kier molecular flexibility index (Phi) is 4.71. The summed E-state index contributed by atoms with van der Waals surface area (Å²) in [6.07, 6.45) is 0. The maximum Gasteiger partial charge on any atom is 0.288 e. The van der Waals surface area contributed by atoms with Crippen molar-refractivity contribution in [2.45, 2.75) is 20.5 Å². The van der Waals surface area contributed by atoms with Gasteiger partial charge in [0.1, 0.15) is 0 Å². The minimum absolute atomic E-state index is 0.438. The molecule has 0 unspecified atom stereocenters. The first kappa shape index (κ1) is 15.4. The van der Waals surface area contributed by atoms with E-state index in [0.717, 1.165) is 38.3 Å². The molecule has 0 bridgehead atoms. The third kappa shape index (κ3) is 3.45. The van der Waals surface area contributed by atoms with Gasteiger partial charge < -0.3 is 9.32 Å². The van der Waals surface area contributed by atoms with Gasteiger partial charge in [0.05, 0.1) is 6.67 Å². The predicted octanol–water partition coefficient (Wildman–Crippen LogP) is 2.78. The first-order valence-electron chi connectivity index (χ1n) is 7.75. The average molecular weight is 318 g/mol. The summed E-state index contributed by atoms with van der Waals surface area (Å²) >= 11 is 5.31. The molecule has 1 aliphatic heterocycles. The van der Waals surface area contributed by atoms with Crippen LogP contribution in [0.4, 0.5) is 0 Å². The lowest BCUT2D eigenvalue weighted by Gasteiger charge is -2.33. The largest absolute Gasteiger partial charge is 0.409 e. The fourth-order valence-corrected chi connectivity index (χ4v) is 2.82. The zero-order chi connectivity index (χ0) is 15.5. The molecule has 0 saturated carbocycles. The number of benzene rings is 1. The molecular weight excluding hydrogens is 296 g/mol. The molecule has 0 spiro atoms. The minimum Gasteiger partial charge on any atom is -0.409 e. The summed E-state index contributed by atoms with van der Waals surface area (Å²) < 4.78 is 7.44. The second-order valence-electron chi connectivity index (χ2n) is 5.73. The lowest BCUT2D eigenvalue weighted by atomic mass is 10.1. The van der Waals surface area contributed by atoms with E-state index in [1.165, 1.54) is 5.56 Å². The Balaban J connectivity index is 1.70. The number of nitrogens with zero attached hydrogens (tertiary/aromatic N) is 4. The van der Waals surface area contributed by atoms with Crippen molar-refractivity contribution in [1.82, 2.24) is 19.6 Å². The Morgan fingerprint density at radius 3 is 2.36 bits per heavy atom. The highest BCUT2D eigenvalue weighted by Crippen LogP contribution is 2.18. The van der Waals surface area contributed by atoms with Crippen molar-refractivity contribution in [3.05, 3.63) is 34.7 Å². The van der Waals surface area contributed by atoms with Gasteiger partial charge in [-0.25, -0.2) is 4.68 Å². The maximum absolute atomic E-state index is 5.65. The van der Waals surface area contributed by atoms with E-state index in [4.69, 9.17) is 16.6 Å². The highest BCUT2D eigenvalue weighted by molar-refractivity contribution is 7.71. The summed E-state index contributed by atoms with van der Waals surface area (Å²) in [5.41, 5.74) is 2.18. The van der Waals surface area contributed by atoms with E-state index in [2.05, 4.69) is 40.9 Å². The molecular formula is C16H22N4OS. The molecule has 2 aromatic rings. The standard InChI is InChI=1S/C16H22N4OS/c1-3-18-8-10-19(11-9-18)12-20-16(22)21-15(17-20)14-6-4-13(2)5-7-14/h4-7H,3,8-12H2,1-2H3. The molecule has 22 heavy (non-hydrogen) atoms. The van der Waals surface area contributed by atoms with E-state index >= 15 is 0 Å². The average Bonchev–Trinajstić information content (AvgIpc) is 2.90. The Labute approximate surface area is 136 Å². The Morgan fingerprint density at radius 2 is 1.73 bits per heavy atom. The first-order chi connectivity index (χ1) is 10.7. The summed E-state index contributed by atoms with van der Waals surface area (Å²) in [4.78, 5) is 5.26. The van der Waals surface area contributed by atoms with Gasteiger partial charge in [-0.1, -0.05) is 24.6 Å². The van der Waals surface area contributed by atoms with Gasteiger partial charge in [-0.2, -0.15) is 0 Å². The molecule has 1 aromatic heterocycles. The molecule has 0 radical (unpaired) electrons. The second-order valence-corrected chi connectivity index (χ2v) is 6.08. The molecule has 1 aliphatic rings. The Morgan fingerprint density at radius 1 is 1.09 bits per heavy atom. The van der Waals surface area contributed by atoms with Crippen LogP contribution in [-0.2, 0) is 6.67 Å². The molecule has 118 valence electrons. The van der Waals surface area contributed by atoms with Gasteiger partial charge in [-0.05, 0) is 37.8 Å². The fourth-order valence-electron chi connectivity index (χ4n) is 2.64. The van der Waals surface area contributed by atoms with E-state index in [1.54, 1.807) is 4.68 Å². The van der Waals surface area contributed by atoms with Gasteiger partial charge in [0, 0.05) is 31.7 Å². The number of rotatable bonds is 4. The van der Waals surface area contributed by atoms with E-state index in [9.17, 15) is 0 Å². The van der Waals surface area contributed by atoms with Crippen LogP contribution in [0.2, 0.25) is 0 Å². The van der Waals surface area contributed by atoms with E-state index in [0.29, 0.717) is 17.4 Å². The molecule has 1 saturated heterocycles. The number of hydrogen-bond acceptors (Lipinski definition) is 5. The van der Waals surface area contributed by atoms with E-state index in [1.807, 2.05) is 12.1 Å². The molecule has 5 nitrogen and oxygen atoms in total. The third-order valence-corrected chi connectivity index (χ3v) is 4.44. The molecule has 1 aromatic carbocycles. The maximum atomic E-state index is 5.65. The number of piperazine rings is 1. The predicted molar refractivity (Wildman–Crippen MR) is 89.2 cm³/mol.